The summed E-state index contributed by atoms with van der Waals surface area (Å²) in [5.41, 5.74) is 3.43. The van der Waals surface area contributed by atoms with Crippen LogP contribution in [0.15, 0.2) is 30.3 Å². The second-order valence-electron chi connectivity index (χ2n) is 9.24. The molecule has 2 nitrogen and oxygen atoms in total. The number of unbranched alkanes of at least 4 members (excludes halogenated alkanes) is 3. The van der Waals surface area contributed by atoms with Crippen LogP contribution in [0.1, 0.15) is 95.7 Å². The fraction of sp³-hybridized carbons (Fsp3) is 0.630. The van der Waals surface area contributed by atoms with Gasteiger partial charge in [0.25, 0.3) is 0 Å². The van der Waals surface area contributed by atoms with Gasteiger partial charge in [-0.2, -0.15) is 10.2 Å². The Balaban J connectivity index is 1.48. The van der Waals surface area contributed by atoms with Crippen molar-refractivity contribution in [2.45, 2.75) is 97.3 Å². The summed E-state index contributed by atoms with van der Waals surface area (Å²) in [7, 11) is 0. The first-order valence-electron chi connectivity index (χ1n) is 12.3. The van der Waals surface area contributed by atoms with E-state index in [1.165, 1.54) is 51.4 Å². The van der Waals surface area contributed by atoms with E-state index in [0.29, 0.717) is 0 Å². The zero-order valence-corrected chi connectivity index (χ0v) is 19.0. The van der Waals surface area contributed by atoms with Crippen LogP contribution in [0, 0.1) is 17.7 Å². The van der Waals surface area contributed by atoms with E-state index >= 15 is 0 Å². The van der Waals surface area contributed by atoms with Crippen LogP contribution in [0.25, 0.3) is 11.3 Å². The van der Waals surface area contributed by atoms with Gasteiger partial charge in [0.1, 0.15) is 5.82 Å². The molecular formula is C27H39FN2. The molecule has 0 saturated heterocycles. The van der Waals surface area contributed by atoms with Crippen LogP contribution in [0.4, 0.5) is 4.39 Å². The third kappa shape index (κ3) is 6.89. The monoisotopic (exact) mass is 410 g/mol. The number of hydrogen-bond donors (Lipinski definition) is 0. The molecule has 164 valence electrons. The standard InChI is InChI=1S/C27H39FN2/c1-3-5-7-8-21-10-12-22(13-11-21)14-15-23-16-17-24(20-26(23)28)27-19-18-25(29-30-27)9-6-4-2/h16-22H,3-15H2,1-2H3/t21-,22-. The summed E-state index contributed by atoms with van der Waals surface area (Å²) in [4.78, 5) is 0. The van der Waals surface area contributed by atoms with Crippen molar-refractivity contribution in [3.05, 3.63) is 47.4 Å². The van der Waals surface area contributed by atoms with Crippen LogP contribution in [-0.4, -0.2) is 10.2 Å². The van der Waals surface area contributed by atoms with Gasteiger partial charge in [-0.3, -0.25) is 0 Å². The third-order valence-corrected chi connectivity index (χ3v) is 6.86. The minimum atomic E-state index is -0.0994. The number of nitrogens with zero attached hydrogens (tertiary/aromatic N) is 2. The molecule has 1 aromatic heterocycles. The summed E-state index contributed by atoms with van der Waals surface area (Å²) in [6.07, 6.45) is 16.1. The molecular weight excluding hydrogens is 371 g/mol. The Morgan fingerprint density at radius 2 is 1.53 bits per heavy atom. The highest BCUT2D eigenvalue weighted by Crippen LogP contribution is 2.34. The van der Waals surface area contributed by atoms with E-state index < -0.39 is 0 Å². The molecule has 3 heteroatoms. The molecule has 0 N–H and O–H groups in total. The fourth-order valence-corrected chi connectivity index (χ4v) is 4.77. The van der Waals surface area contributed by atoms with Gasteiger partial charge < -0.3 is 0 Å². The van der Waals surface area contributed by atoms with Gasteiger partial charge in [0.05, 0.1) is 11.4 Å². The quantitative estimate of drug-likeness (QED) is 0.351. The Morgan fingerprint density at radius 3 is 2.17 bits per heavy atom. The van der Waals surface area contributed by atoms with Gasteiger partial charge in [-0.25, -0.2) is 4.39 Å². The third-order valence-electron chi connectivity index (χ3n) is 6.86. The minimum Gasteiger partial charge on any atom is -0.207 e. The lowest BCUT2D eigenvalue weighted by atomic mass is 9.77. The lowest BCUT2D eigenvalue weighted by molar-refractivity contribution is 0.248. The molecule has 2 aromatic rings. The number of rotatable bonds is 11. The van der Waals surface area contributed by atoms with E-state index in [1.807, 2.05) is 24.3 Å². The van der Waals surface area contributed by atoms with Gasteiger partial charge >= 0.3 is 0 Å². The molecule has 0 unspecified atom stereocenters. The van der Waals surface area contributed by atoms with E-state index in [1.54, 1.807) is 6.07 Å². The first-order valence-corrected chi connectivity index (χ1v) is 12.3. The van der Waals surface area contributed by atoms with Gasteiger partial charge in [-0.1, -0.05) is 83.8 Å². The summed E-state index contributed by atoms with van der Waals surface area (Å²) in [5.74, 6) is 1.61. The molecule has 1 aliphatic carbocycles. The Labute approximate surface area is 182 Å². The fourth-order valence-electron chi connectivity index (χ4n) is 4.77. The second-order valence-corrected chi connectivity index (χ2v) is 9.24. The molecule has 3 rings (SSSR count). The summed E-state index contributed by atoms with van der Waals surface area (Å²) < 4.78 is 14.7. The van der Waals surface area contributed by atoms with E-state index in [2.05, 4.69) is 24.0 Å². The molecule has 1 aliphatic rings. The van der Waals surface area contributed by atoms with Crippen molar-refractivity contribution >= 4 is 0 Å². The maximum atomic E-state index is 14.7. The Kier molecular flexibility index (Phi) is 9.29. The SMILES string of the molecule is CCCCC[C@H]1CC[C@H](CCc2ccc(-c3ccc(CCCC)nn3)cc2F)CC1. The molecule has 1 heterocycles. The van der Waals surface area contributed by atoms with E-state index in [9.17, 15) is 4.39 Å². The van der Waals surface area contributed by atoms with E-state index in [-0.39, 0.29) is 5.82 Å². The van der Waals surface area contributed by atoms with Crippen molar-refractivity contribution in [1.82, 2.24) is 10.2 Å². The lowest BCUT2D eigenvalue weighted by Crippen LogP contribution is -2.15. The summed E-state index contributed by atoms with van der Waals surface area (Å²) >= 11 is 0. The van der Waals surface area contributed by atoms with Gasteiger partial charge in [-0.05, 0) is 61.3 Å². The molecule has 0 bridgehead atoms. The zero-order valence-electron chi connectivity index (χ0n) is 19.0. The van der Waals surface area contributed by atoms with Gasteiger partial charge in [0, 0.05) is 5.56 Å². The average molecular weight is 411 g/mol. The highest BCUT2D eigenvalue weighted by Gasteiger charge is 2.21. The normalized spacial score (nSPS) is 19.2. The van der Waals surface area contributed by atoms with E-state index in [0.717, 1.165) is 66.5 Å². The highest BCUT2D eigenvalue weighted by molar-refractivity contribution is 5.59. The lowest BCUT2D eigenvalue weighted by Gasteiger charge is -2.28. The number of hydrogen-bond acceptors (Lipinski definition) is 2. The van der Waals surface area contributed by atoms with Gasteiger partial charge in [-0.15, -0.1) is 0 Å². The predicted octanol–water partition coefficient (Wildman–Crippen LogP) is 7.94. The summed E-state index contributed by atoms with van der Waals surface area (Å²) in [6, 6.07) is 9.57. The Hall–Kier alpha value is -1.77. The number of aryl methyl sites for hydroxylation is 2. The topological polar surface area (TPSA) is 25.8 Å². The molecule has 1 fully saturated rings. The van der Waals surface area contributed by atoms with Crippen LogP contribution < -0.4 is 0 Å². The number of aromatic nitrogens is 2. The first-order chi connectivity index (χ1) is 14.7. The van der Waals surface area contributed by atoms with E-state index in [4.69, 9.17) is 0 Å². The smallest absolute Gasteiger partial charge is 0.127 e. The maximum Gasteiger partial charge on any atom is 0.127 e. The van der Waals surface area contributed by atoms with Crippen molar-refractivity contribution in [3.63, 3.8) is 0 Å². The Morgan fingerprint density at radius 1 is 0.800 bits per heavy atom. The molecule has 0 radical (unpaired) electrons. The number of halogens is 1. The predicted molar refractivity (Wildman–Crippen MR) is 124 cm³/mol. The molecule has 1 saturated carbocycles. The van der Waals surface area contributed by atoms with Gasteiger partial charge in [0.15, 0.2) is 0 Å². The molecule has 0 spiro atoms. The number of benzene rings is 1. The summed E-state index contributed by atoms with van der Waals surface area (Å²) in [5, 5.41) is 8.61. The minimum absolute atomic E-state index is 0.0994. The molecule has 1 aromatic carbocycles. The molecule has 0 amide bonds. The van der Waals surface area contributed by atoms with Crippen molar-refractivity contribution in [2.24, 2.45) is 11.8 Å². The second kappa shape index (κ2) is 12.2. The van der Waals surface area contributed by atoms with Crippen LogP contribution >= 0.6 is 0 Å². The van der Waals surface area contributed by atoms with Crippen molar-refractivity contribution < 1.29 is 4.39 Å². The van der Waals surface area contributed by atoms with Crippen molar-refractivity contribution in [2.75, 3.05) is 0 Å². The highest BCUT2D eigenvalue weighted by atomic mass is 19.1. The molecule has 0 atom stereocenters. The largest absolute Gasteiger partial charge is 0.207 e. The van der Waals surface area contributed by atoms with Crippen LogP contribution in [-0.2, 0) is 12.8 Å². The Bertz CT molecular complexity index is 748. The molecule has 30 heavy (non-hydrogen) atoms. The van der Waals surface area contributed by atoms with Crippen LogP contribution in [0.3, 0.4) is 0 Å². The van der Waals surface area contributed by atoms with Gasteiger partial charge in [0.2, 0.25) is 0 Å². The summed E-state index contributed by atoms with van der Waals surface area (Å²) in [6.45, 7) is 4.45. The maximum absolute atomic E-state index is 14.7. The first kappa shape index (κ1) is 22.9. The molecule has 0 aliphatic heterocycles. The average Bonchev–Trinajstić information content (AvgIpc) is 2.78. The van der Waals surface area contributed by atoms with Crippen molar-refractivity contribution in [1.29, 1.82) is 0 Å². The van der Waals surface area contributed by atoms with Crippen LogP contribution in [0.2, 0.25) is 0 Å². The zero-order chi connectivity index (χ0) is 21.2. The van der Waals surface area contributed by atoms with Crippen LogP contribution in [0.5, 0.6) is 0 Å². The van der Waals surface area contributed by atoms with Crippen molar-refractivity contribution in [3.8, 4) is 11.3 Å².